The second-order valence-corrected chi connectivity index (χ2v) is 4.94. The lowest BCUT2D eigenvalue weighted by Gasteiger charge is -2.11. The van der Waals surface area contributed by atoms with Crippen molar-refractivity contribution in [2.45, 2.75) is 32.6 Å². The molecule has 1 aromatic heterocycles. The van der Waals surface area contributed by atoms with Crippen LogP contribution >= 0.6 is 0 Å². The summed E-state index contributed by atoms with van der Waals surface area (Å²) in [5.74, 6) is 0.564. The molecule has 0 aliphatic heterocycles. The summed E-state index contributed by atoms with van der Waals surface area (Å²) in [5.41, 5.74) is 4.64. The molecule has 0 amide bonds. The highest BCUT2D eigenvalue weighted by atomic mass is 16.1. The van der Waals surface area contributed by atoms with Crippen LogP contribution in [0.4, 0.5) is 0 Å². The summed E-state index contributed by atoms with van der Waals surface area (Å²) in [7, 11) is 0. The van der Waals surface area contributed by atoms with Crippen molar-refractivity contribution in [3.63, 3.8) is 0 Å². The molecule has 0 unspecified atom stereocenters. The number of nitrogens with zero attached hydrogens (tertiary/aromatic N) is 1. The normalized spacial score (nSPS) is 15.2. The van der Waals surface area contributed by atoms with E-state index < -0.39 is 0 Å². The SMILES string of the molecule is Cc1ccc(-n2[nH]c(=O)cc2C2CC2)c(C)c1. The molecule has 0 saturated heterocycles. The van der Waals surface area contributed by atoms with Gasteiger partial charge >= 0.3 is 0 Å². The van der Waals surface area contributed by atoms with E-state index in [9.17, 15) is 4.79 Å². The Balaban J connectivity index is 2.17. The minimum atomic E-state index is -0.00752. The molecule has 1 aliphatic rings. The van der Waals surface area contributed by atoms with Gasteiger partial charge in [-0.05, 0) is 38.3 Å². The Kier molecular flexibility index (Phi) is 2.21. The van der Waals surface area contributed by atoms with Gasteiger partial charge in [-0.25, -0.2) is 0 Å². The van der Waals surface area contributed by atoms with E-state index >= 15 is 0 Å². The number of benzene rings is 1. The van der Waals surface area contributed by atoms with Gasteiger partial charge in [0.1, 0.15) is 0 Å². The van der Waals surface area contributed by atoms with E-state index in [4.69, 9.17) is 0 Å². The minimum Gasteiger partial charge on any atom is -0.268 e. The van der Waals surface area contributed by atoms with Crippen molar-refractivity contribution in [2.24, 2.45) is 0 Å². The maximum atomic E-state index is 11.5. The lowest BCUT2D eigenvalue weighted by molar-refractivity contribution is 0.794. The van der Waals surface area contributed by atoms with E-state index in [1.807, 2.05) is 4.68 Å². The summed E-state index contributed by atoms with van der Waals surface area (Å²) >= 11 is 0. The molecule has 1 fully saturated rings. The first kappa shape index (κ1) is 10.4. The summed E-state index contributed by atoms with van der Waals surface area (Å²) in [6.45, 7) is 4.16. The third-order valence-electron chi connectivity index (χ3n) is 3.35. The molecule has 1 aromatic carbocycles. The van der Waals surface area contributed by atoms with E-state index in [-0.39, 0.29) is 5.56 Å². The van der Waals surface area contributed by atoms with Gasteiger partial charge in [0.15, 0.2) is 0 Å². The van der Waals surface area contributed by atoms with Gasteiger partial charge in [-0.15, -0.1) is 0 Å². The summed E-state index contributed by atoms with van der Waals surface area (Å²) in [5, 5.41) is 2.90. The van der Waals surface area contributed by atoms with Gasteiger partial charge in [0.25, 0.3) is 5.56 Å². The van der Waals surface area contributed by atoms with Crippen molar-refractivity contribution in [2.75, 3.05) is 0 Å². The zero-order valence-electron chi connectivity index (χ0n) is 10.2. The second kappa shape index (κ2) is 3.62. The molecule has 1 heterocycles. The number of H-pyrrole nitrogens is 1. The number of nitrogens with one attached hydrogen (secondary N) is 1. The van der Waals surface area contributed by atoms with Crippen LogP contribution in [0, 0.1) is 13.8 Å². The summed E-state index contributed by atoms with van der Waals surface area (Å²) in [6.07, 6.45) is 2.39. The van der Waals surface area contributed by atoms with E-state index in [0.717, 1.165) is 11.4 Å². The Hall–Kier alpha value is -1.77. The summed E-state index contributed by atoms with van der Waals surface area (Å²) in [6, 6.07) is 8.03. The fourth-order valence-electron chi connectivity index (χ4n) is 2.34. The van der Waals surface area contributed by atoms with E-state index in [2.05, 4.69) is 37.1 Å². The lowest BCUT2D eigenvalue weighted by atomic mass is 10.1. The van der Waals surface area contributed by atoms with Crippen LogP contribution in [-0.4, -0.2) is 9.78 Å². The molecule has 2 aromatic rings. The number of rotatable bonds is 2. The van der Waals surface area contributed by atoms with Crippen molar-refractivity contribution >= 4 is 0 Å². The molecule has 3 rings (SSSR count). The minimum absolute atomic E-state index is 0.00752. The molecule has 1 aliphatic carbocycles. The van der Waals surface area contributed by atoms with Crippen LogP contribution in [0.3, 0.4) is 0 Å². The molecule has 88 valence electrons. The number of hydrogen-bond acceptors (Lipinski definition) is 1. The zero-order valence-corrected chi connectivity index (χ0v) is 10.2. The molecule has 0 radical (unpaired) electrons. The topological polar surface area (TPSA) is 37.8 Å². The van der Waals surface area contributed by atoms with Gasteiger partial charge in [0.2, 0.25) is 0 Å². The fraction of sp³-hybridized carbons (Fsp3) is 0.357. The van der Waals surface area contributed by atoms with Crippen LogP contribution in [0.25, 0.3) is 5.69 Å². The average Bonchev–Trinajstić information content (AvgIpc) is 3.03. The maximum absolute atomic E-state index is 11.5. The molecule has 0 atom stereocenters. The number of hydrogen-bond donors (Lipinski definition) is 1. The first-order chi connectivity index (χ1) is 8.15. The standard InChI is InChI=1S/C14H16N2O/c1-9-3-6-12(10(2)7-9)16-13(11-4-5-11)8-14(17)15-16/h3,6-8,11H,4-5H2,1-2H3,(H,15,17). The van der Waals surface area contributed by atoms with Crippen molar-refractivity contribution in [1.29, 1.82) is 0 Å². The number of aromatic amines is 1. The highest BCUT2D eigenvalue weighted by molar-refractivity contribution is 5.43. The molecule has 17 heavy (non-hydrogen) atoms. The van der Waals surface area contributed by atoms with Gasteiger partial charge in [0, 0.05) is 17.7 Å². The Morgan fingerprint density at radius 2 is 2.00 bits per heavy atom. The Morgan fingerprint density at radius 3 is 2.65 bits per heavy atom. The van der Waals surface area contributed by atoms with Gasteiger partial charge in [0.05, 0.1) is 5.69 Å². The second-order valence-electron chi connectivity index (χ2n) is 4.94. The fourth-order valence-corrected chi connectivity index (χ4v) is 2.34. The Bertz CT molecular complexity index is 617. The Morgan fingerprint density at radius 1 is 1.24 bits per heavy atom. The van der Waals surface area contributed by atoms with Gasteiger partial charge < -0.3 is 0 Å². The maximum Gasteiger partial charge on any atom is 0.264 e. The van der Waals surface area contributed by atoms with Crippen LogP contribution in [0.2, 0.25) is 0 Å². The average molecular weight is 228 g/mol. The smallest absolute Gasteiger partial charge is 0.264 e. The van der Waals surface area contributed by atoms with Crippen LogP contribution in [0.1, 0.15) is 35.6 Å². The van der Waals surface area contributed by atoms with Crippen LogP contribution in [-0.2, 0) is 0 Å². The first-order valence-electron chi connectivity index (χ1n) is 6.05. The van der Waals surface area contributed by atoms with Crippen LogP contribution in [0.15, 0.2) is 29.1 Å². The number of aryl methyl sites for hydroxylation is 2. The summed E-state index contributed by atoms with van der Waals surface area (Å²) in [4.78, 5) is 11.5. The molecular formula is C14H16N2O. The van der Waals surface area contributed by atoms with Gasteiger partial charge in [-0.1, -0.05) is 17.7 Å². The third-order valence-corrected chi connectivity index (χ3v) is 3.35. The molecule has 0 bridgehead atoms. The molecule has 0 spiro atoms. The predicted octanol–water partition coefficient (Wildman–Crippen LogP) is 2.66. The molecule has 3 heteroatoms. The zero-order chi connectivity index (χ0) is 12.0. The van der Waals surface area contributed by atoms with Crippen LogP contribution in [0.5, 0.6) is 0 Å². The third kappa shape index (κ3) is 1.82. The Labute approximate surface area is 100 Å². The van der Waals surface area contributed by atoms with Crippen molar-refractivity contribution in [1.82, 2.24) is 9.78 Å². The molecular weight excluding hydrogens is 212 g/mol. The predicted molar refractivity (Wildman–Crippen MR) is 67.8 cm³/mol. The van der Waals surface area contributed by atoms with Crippen molar-refractivity contribution in [3.05, 3.63) is 51.4 Å². The first-order valence-corrected chi connectivity index (χ1v) is 6.05. The highest BCUT2D eigenvalue weighted by Crippen LogP contribution is 2.40. The summed E-state index contributed by atoms with van der Waals surface area (Å²) < 4.78 is 1.95. The van der Waals surface area contributed by atoms with Gasteiger partial charge in [-0.2, -0.15) is 0 Å². The van der Waals surface area contributed by atoms with E-state index in [1.165, 1.54) is 24.0 Å². The monoisotopic (exact) mass is 228 g/mol. The van der Waals surface area contributed by atoms with Crippen molar-refractivity contribution in [3.8, 4) is 5.69 Å². The lowest BCUT2D eigenvalue weighted by Crippen LogP contribution is -2.06. The molecule has 1 N–H and O–H groups in total. The van der Waals surface area contributed by atoms with E-state index in [0.29, 0.717) is 5.92 Å². The van der Waals surface area contributed by atoms with Crippen LogP contribution < -0.4 is 5.56 Å². The van der Waals surface area contributed by atoms with Crippen molar-refractivity contribution < 1.29 is 0 Å². The van der Waals surface area contributed by atoms with E-state index in [1.54, 1.807) is 6.07 Å². The quantitative estimate of drug-likeness (QED) is 0.843. The largest absolute Gasteiger partial charge is 0.268 e. The highest BCUT2D eigenvalue weighted by Gasteiger charge is 2.28. The molecule has 3 nitrogen and oxygen atoms in total. The van der Waals surface area contributed by atoms with Gasteiger partial charge in [-0.3, -0.25) is 14.6 Å². The number of aromatic nitrogens is 2. The molecule has 1 saturated carbocycles.